The van der Waals surface area contributed by atoms with Gasteiger partial charge in [0.1, 0.15) is 0 Å². The molecule has 1 heterocycles. The summed E-state index contributed by atoms with van der Waals surface area (Å²) < 4.78 is 0. The predicted molar refractivity (Wildman–Crippen MR) is 80.9 cm³/mol. The van der Waals surface area contributed by atoms with Crippen LogP contribution in [-0.4, -0.2) is 21.8 Å². The quantitative estimate of drug-likeness (QED) is 0.861. The Kier molecular flexibility index (Phi) is 3.57. The van der Waals surface area contributed by atoms with Gasteiger partial charge in [0.25, 0.3) is 5.91 Å². The summed E-state index contributed by atoms with van der Waals surface area (Å²) in [5.41, 5.74) is 2.90. The molecule has 0 N–H and O–H groups in total. The number of benzene rings is 1. The number of rotatable bonds is 4. The summed E-state index contributed by atoms with van der Waals surface area (Å²) in [5, 5.41) is 3.10. The maximum absolute atomic E-state index is 12.7. The first-order valence-corrected chi connectivity index (χ1v) is 7.80. The number of carbonyl (C=O) groups excluding carboxylic acids is 1. The van der Waals surface area contributed by atoms with Gasteiger partial charge in [-0.25, -0.2) is 4.98 Å². The van der Waals surface area contributed by atoms with Crippen molar-refractivity contribution >= 4 is 17.2 Å². The van der Waals surface area contributed by atoms with Gasteiger partial charge in [0.15, 0.2) is 0 Å². The molecule has 0 saturated heterocycles. The summed E-state index contributed by atoms with van der Waals surface area (Å²) in [4.78, 5) is 19.1. The Hall–Kier alpha value is -1.68. The molecule has 1 saturated carbocycles. The van der Waals surface area contributed by atoms with Crippen molar-refractivity contribution in [2.24, 2.45) is 0 Å². The van der Waals surface area contributed by atoms with Crippen LogP contribution in [-0.2, 0) is 6.54 Å². The molecule has 0 bridgehead atoms. The third kappa shape index (κ3) is 2.90. The Morgan fingerprint density at radius 2 is 2.20 bits per heavy atom. The molecule has 0 atom stereocenters. The zero-order valence-electron chi connectivity index (χ0n) is 11.8. The molecule has 104 valence electrons. The van der Waals surface area contributed by atoms with Gasteiger partial charge in [-0.2, -0.15) is 0 Å². The summed E-state index contributed by atoms with van der Waals surface area (Å²) in [6.07, 6.45) is 2.22. The largest absolute Gasteiger partial charge is 0.330 e. The second-order valence-electron chi connectivity index (χ2n) is 5.39. The topological polar surface area (TPSA) is 33.2 Å². The molecular formula is C16H18N2OS. The van der Waals surface area contributed by atoms with E-state index in [1.807, 2.05) is 48.4 Å². The number of nitrogens with zero attached hydrogens (tertiary/aromatic N) is 2. The maximum Gasteiger partial charge on any atom is 0.254 e. The van der Waals surface area contributed by atoms with Gasteiger partial charge in [-0.1, -0.05) is 17.7 Å². The summed E-state index contributed by atoms with van der Waals surface area (Å²) in [5.74, 6) is 0.127. The highest BCUT2D eigenvalue weighted by Crippen LogP contribution is 2.30. The maximum atomic E-state index is 12.7. The van der Waals surface area contributed by atoms with E-state index in [-0.39, 0.29) is 5.91 Å². The fourth-order valence-corrected chi connectivity index (χ4v) is 2.96. The van der Waals surface area contributed by atoms with E-state index in [1.165, 1.54) is 0 Å². The van der Waals surface area contributed by atoms with Crippen LogP contribution in [0.2, 0.25) is 0 Å². The van der Waals surface area contributed by atoms with Crippen LogP contribution in [0.3, 0.4) is 0 Å². The molecule has 3 rings (SSSR count). The van der Waals surface area contributed by atoms with Crippen LogP contribution in [0.15, 0.2) is 29.6 Å². The Morgan fingerprint density at radius 1 is 1.40 bits per heavy atom. The van der Waals surface area contributed by atoms with Crippen LogP contribution in [0.5, 0.6) is 0 Å². The lowest BCUT2D eigenvalue weighted by Crippen LogP contribution is -2.32. The molecule has 3 nitrogen and oxygen atoms in total. The van der Waals surface area contributed by atoms with Crippen molar-refractivity contribution in [3.05, 3.63) is 51.5 Å². The second-order valence-corrected chi connectivity index (χ2v) is 6.45. The van der Waals surface area contributed by atoms with E-state index >= 15 is 0 Å². The zero-order valence-corrected chi connectivity index (χ0v) is 12.6. The van der Waals surface area contributed by atoms with Crippen LogP contribution >= 0.6 is 11.3 Å². The number of amides is 1. The Labute approximate surface area is 123 Å². The molecule has 1 aromatic carbocycles. The van der Waals surface area contributed by atoms with Gasteiger partial charge in [0.2, 0.25) is 0 Å². The molecular weight excluding hydrogens is 268 g/mol. The van der Waals surface area contributed by atoms with E-state index in [9.17, 15) is 4.79 Å². The van der Waals surface area contributed by atoms with Gasteiger partial charge in [-0.05, 0) is 38.8 Å². The van der Waals surface area contributed by atoms with Crippen LogP contribution in [0.1, 0.15) is 39.5 Å². The highest BCUT2D eigenvalue weighted by atomic mass is 32.1. The Balaban J connectivity index is 1.81. The fraction of sp³-hybridized carbons (Fsp3) is 0.375. The first-order chi connectivity index (χ1) is 9.63. The van der Waals surface area contributed by atoms with Crippen molar-refractivity contribution in [1.29, 1.82) is 0 Å². The van der Waals surface area contributed by atoms with E-state index in [1.54, 1.807) is 11.3 Å². The minimum atomic E-state index is 0.127. The number of carbonyl (C=O) groups is 1. The van der Waals surface area contributed by atoms with Crippen LogP contribution < -0.4 is 0 Å². The minimum Gasteiger partial charge on any atom is -0.330 e. The van der Waals surface area contributed by atoms with Gasteiger partial charge in [-0.3, -0.25) is 4.79 Å². The highest BCUT2D eigenvalue weighted by molar-refractivity contribution is 7.09. The zero-order chi connectivity index (χ0) is 14.1. The fourth-order valence-electron chi connectivity index (χ4n) is 2.35. The lowest BCUT2D eigenvalue weighted by atomic mass is 10.1. The lowest BCUT2D eigenvalue weighted by molar-refractivity contribution is 0.0728. The smallest absolute Gasteiger partial charge is 0.254 e. The number of aromatic nitrogens is 1. The van der Waals surface area contributed by atoms with Crippen molar-refractivity contribution in [3.63, 3.8) is 0 Å². The number of aryl methyl sites for hydroxylation is 2. The molecule has 0 aliphatic heterocycles. The first kappa shape index (κ1) is 13.3. The molecule has 0 unspecified atom stereocenters. The molecule has 1 amide bonds. The van der Waals surface area contributed by atoms with Gasteiger partial charge >= 0.3 is 0 Å². The van der Waals surface area contributed by atoms with E-state index in [2.05, 4.69) is 4.98 Å². The van der Waals surface area contributed by atoms with Gasteiger partial charge in [0.05, 0.1) is 17.2 Å². The van der Waals surface area contributed by atoms with Crippen molar-refractivity contribution in [3.8, 4) is 0 Å². The first-order valence-electron chi connectivity index (χ1n) is 6.92. The SMILES string of the molecule is Cc1cccc(C(=O)N(Cc2csc(C)n2)C2CC2)c1. The van der Waals surface area contributed by atoms with Crippen LogP contribution in [0.25, 0.3) is 0 Å². The lowest BCUT2D eigenvalue weighted by Gasteiger charge is -2.21. The number of hydrogen-bond acceptors (Lipinski definition) is 3. The van der Waals surface area contributed by atoms with Crippen molar-refractivity contribution in [1.82, 2.24) is 9.88 Å². The van der Waals surface area contributed by atoms with Gasteiger partial charge < -0.3 is 4.90 Å². The molecule has 1 aromatic heterocycles. The normalized spacial score (nSPS) is 14.3. The van der Waals surface area contributed by atoms with Gasteiger partial charge in [0, 0.05) is 17.0 Å². The van der Waals surface area contributed by atoms with E-state index in [4.69, 9.17) is 0 Å². The summed E-state index contributed by atoms with van der Waals surface area (Å²) in [6, 6.07) is 8.22. The molecule has 4 heteroatoms. The highest BCUT2D eigenvalue weighted by Gasteiger charge is 2.33. The van der Waals surface area contributed by atoms with E-state index < -0.39 is 0 Å². The van der Waals surface area contributed by atoms with Gasteiger partial charge in [-0.15, -0.1) is 11.3 Å². The molecule has 0 radical (unpaired) electrons. The van der Waals surface area contributed by atoms with Crippen LogP contribution in [0.4, 0.5) is 0 Å². The number of hydrogen-bond donors (Lipinski definition) is 0. The summed E-state index contributed by atoms with van der Waals surface area (Å²) >= 11 is 1.64. The van der Waals surface area contributed by atoms with Crippen molar-refractivity contribution < 1.29 is 4.79 Å². The third-order valence-electron chi connectivity index (χ3n) is 3.51. The molecule has 0 spiro atoms. The van der Waals surface area contributed by atoms with E-state index in [0.717, 1.165) is 34.7 Å². The Bertz CT molecular complexity index is 631. The summed E-state index contributed by atoms with van der Waals surface area (Å²) in [6.45, 7) is 4.64. The molecule has 20 heavy (non-hydrogen) atoms. The van der Waals surface area contributed by atoms with Crippen LogP contribution in [0, 0.1) is 13.8 Å². The molecule has 1 aliphatic carbocycles. The minimum absolute atomic E-state index is 0.127. The third-order valence-corrected chi connectivity index (χ3v) is 4.33. The average molecular weight is 286 g/mol. The second kappa shape index (κ2) is 5.37. The predicted octanol–water partition coefficient (Wildman–Crippen LogP) is 3.56. The molecule has 1 fully saturated rings. The number of thiazole rings is 1. The Morgan fingerprint density at radius 3 is 2.80 bits per heavy atom. The average Bonchev–Trinajstić information content (AvgIpc) is 3.19. The summed E-state index contributed by atoms with van der Waals surface area (Å²) in [7, 11) is 0. The van der Waals surface area contributed by atoms with Crippen molar-refractivity contribution in [2.75, 3.05) is 0 Å². The monoisotopic (exact) mass is 286 g/mol. The van der Waals surface area contributed by atoms with Crippen molar-refractivity contribution in [2.45, 2.75) is 39.3 Å². The molecule has 2 aromatic rings. The van der Waals surface area contributed by atoms with E-state index in [0.29, 0.717) is 12.6 Å². The molecule has 1 aliphatic rings. The standard InChI is InChI=1S/C16H18N2OS/c1-11-4-3-5-13(8-11)16(19)18(15-6-7-15)9-14-10-20-12(2)17-14/h3-5,8,10,15H,6-7,9H2,1-2H3.